The van der Waals surface area contributed by atoms with Crippen molar-refractivity contribution >= 4 is 27.6 Å². The first-order valence-corrected chi connectivity index (χ1v) is 9.93. The summed E-state index contributed by atoms with van der Waals surface area (Å²) in [4.78, 5) is 23.4. The van der Waals surface area contributed by atoms with Crippen LogP contribution in [0.25, 0.3) is 0 Å². The van der Waals surface area contributed by atoms with Gasteiger partial charge in [-0.25, -0.2) is 8.42 Å². The largest absolute Gasteiger partial charge is 0.481 e. The highest BCUT2D eigenvalue weighted by Gasteiger charge is 2.39. The van der Waals surface area contributed by atoms with Crippen LogP contribution in [0.15, 0.2) is 24.3 Å². The van der Waals surface area contributed by atoms with Gasteiger partial charge in [0.15, 0.2) is 0 Å². The van der Waals surface area contributed by atoms with Gasteiger partial charge in [0, 0.05) is 18.7 Å². The monoisotopic (exact) mass is 368 g/mol. The minimum absolute atomic E-state index is 0.0119. The van der Waals surface area contributed by atoms with Crippen molar-refractivity contribution in [1.82, 2.24) is 4.31 Å². The number of nitrogens with zero attached hydrogens (tertiary/aromatic N) is 1. The summed E-state index contributed by atoms with van der Waals surface area (Å²) in [7, 11) is -3.39. The standard InChI is InChI=1S/C17H24N2O5S/c1-12(2)16(19-9-4-10-25(19,23)24)17(22)18-14-6-3-5-13(11-14)7-8-15(20)21/h3,5-6,11-12,16H,4,7-10H2,1-2H3,(H,18,22)(H,20,21). The van der Waals surface area contributed by atoms with Gasteiger partial charge >= 0.3 is 5.97 Å². The maximum atomic E-state index is 12.7. The highest BCUT2D eigenvalue weighted by molar-refractivity contribution is 7.89. The van der Waals surface area contributed by atoms with E-state index in [2.05, 4.69) is 5.32 Å². The molecule has 1 aromatic rings. The second-order valence-electron chi connectivity index (χ2n) is 6.55. The Morgan fingerprint density at radius 1 is 1.32 bits per heavy atom. The van der Waals surface area contributed by atoms with Crippen LogP contribution in [0.3, 0.4) is 0 Å². The van der Waals surface area contributed by atoms with Crippen LogP contribution in [0.5, 0.6) is 0 Å². The van der Waals surface area contributed by atoms with Gasteiger partial charge in [-0.2, -0.15) is 4.31 Å². The molecule has 1 unspecified atom stereocenters. The summed E-state index contributed by atoms with van der Waals surface area (Å²) in [6.45, 7) is 4.00. The van der Waals surface area contributed by atoms with Crippen LogP contribution < -0.4 is 5.32 Å². The Labute approximate surface area is 148 Å². The lowest BCUT2D eigenvalue weighted by molar-refractivity contribution is -0.137. The fourth-order valence-electron chi connectivity index (χ4n) is 3.01. The molecule has 1 atom stereocenters. The van der Waals surface area contributed by atoms with E-state index in [1.807, 2.05) is 13.8 Å². The van der Waals surface area contributed by atoms with Gasteiger partial charge in [-0.3, -0.25) is 9.59 Å². The third kappa shape index (κ3) is 5.02. The molecule has 1 aliphatic heterocycles. The van der Waals surface area contributed by atoms with Gasteiger partial charge < -0.3 is 10.4 Å². The Hall–Kier alpha value is -1.93. The Bertz CT molecular complexity index is 745. The van der Waals surface area contributed by atoms with E-state index in [0.29, 0.717) is 25.1 Å². The smallest absolute Gasteiger partial charge is 0.303 e. The molecule has 7 nitrogen and oxygen atoms in total. The molecule has 2 N–H and O–H groups in total. The Morgan fingerprint density at radius 3 is 2.60 bits per heavy atom. The van der Waals surface area contributed by atoms with Gasteiger partial charge in [0.2, 0.25) is 15.9 Å². The summed E-state index contributed by atoms with van der Waals surface area (Å²) in [6.07, 6.45) is 0.911. The number of aliphatic carboxylic acids is 1. The van der Waals surface area contributed by atoms with E-state index < -0.39 is 22.0 Å². The SMILES string of the molecule is CC(C)C(C(=O)Nc1cccc(CCC(=O)O)c1)N1CCCS1(=O)=O. The molecule has 0 aromatic heterocycles. The average molecular weight is 368 g/mol. The predicted molar refractivity (Wildman–Crippen MR) is 94.8 cm³/mol. The molecule has 1 saturated heterocycles. The van der Waals surface area contributed by atoms with Crippen LogP contribution in [0.4, 0.5) is 5.69 Å². The lowest BCUT2D eigenvalue weighted by atomic mass is 10.0. The third-order valence-electron chi connectivity index (χ3n) is 4.17. The van der Waals surface area contributed by atoms with Crippen LogP contribution in [-0.2, 0) is 26.0 Å². The van der Waals surface area contributed by atoms with Crippen LogP contribution in [0.2, 0.25) is 0 Å². The summed E-state index contributed by atoms with van der Waals surface area (Å²) in [5, 5.41) is 11.5. The molecule has 1 heterocycles. The molecule has 1 aliphatic rings. The minimum atomic E-state index is -3.39. The van der Waals surface area contributed by atoms with Gasteiger partial charge in [-0.1, -0.05) is 26.0 Å². The minimum Gasteiger partial charge on any atom is -0.481 e. The van der Waals surface area contributed by atoms with Crippen molar-refractivity contribution in [2.45, 2.75) is 39.2 Å². The van der Waals surface area contributed by atoms with Crippen molar-refractivity contribution in [2.24, 2.45) is 5.92 Å². The van der Waals surface area contributed by atoms with E-state index in [1.54, 1.807) is 24.3 Å². The normalized spacial score (nSPS) is 18.2. The summed E-state index contributed by atoms with van der Waals surface area (Å²) >= 11 is 0. The number of carbonyl (C=O) groups is 2. The van der Waals surface area contributed by atoms with Crippen LogP contribution in [-0.4, -0.2) is 48.0 Å². The van der Waals surface area contributed by atoms with Crippen molar-refractivity contribution in [3.8, 4) is 0 Å². The van der Waals surface area contributed by atoms with Crippen molar-refractivity contribution in [1.29, 1.82) is 0 Å². The number of hydrogen-bond donors (Lipinski definition) is 2. The average Bonchev–Trinajstić information content (AvgIpc) is 2.85. The fraction of sp³-hybridized carbons (Fsp3) is 0.529. The number of aryl methyl sites for hydroxylation is 1. The van der Waals surface area contributed by atoms with E-state index >= 15 is 0 Å². The highest BCUT2D eigenvalue weighted by atomic mass is 32.2. The lowest BCUT2D eigenvalue weighted by Crippen LogP contribution is -2.48. The predicted octanol–water partition coefficient (Wildman–Crippen LogP) is 1.70. The molecule has 1 amide bonds. The molecule has 1 aromatic carbocycles. The van der Waals surface area contributed by atoms with Crippen LogP contribution >= 0.6 is 0 Å². The Kier molecular flexibility index (Phi) is 6.18. The molecule has 138 valence electrons. The van der Waals surface area contributed by atoms with Crippen molar-refractivity contribution in [2.75, 3.05) is 17.6 Å². The van der Waals surface area contributed by atoms with Crippen molar-refractivity contribution < 1.29 is 23.1 Å². The van der Waals surface area contributed by atoms with Gasteiger partial charge in [-0.05, 0) is 36.5 Å². The van der Waals surface area contributed by atoms with E-state index in [9.17, 15) is 18.0 Å². The van der Waals surface area contributed by atoms with Gasteiger partial charge in [-0.15, -0.1) is 0 Å². The molecule has 1 fully saturated rings. The number of hydrogen-bond acceptors (Lipinski definition) is 4. The van der Waals surface area contributed by atoms with E-state index in [4.69, 9.17) is 5.11 Å². The zero-order chi connectivity index (χ0) is 18.6. The van der Waals surface area contributed by atoms with E-state index in [0.717, 1.165) is 5.56 Å². The summed E-state index contributed by atoms with van der Waals surface area (Å²) in [5.41, 5.74) is 1.34. The maximum Gasteiger partial charge on any atom is 0.303 e. The maximum absolute atomic E-state index is 12.7. The van der Waals surface area contributed by atoms with Gasteiger partial charge in [0.25, 0.3) is 0 Å². The summed E-state index contributed by atoms with van der Waals surface area (Å²) in [6, 6.07) is 6.21. The topological polar surface area (TPSA) is 104 Å². The van der Waals surface area contributed by atoms with Crippen molar-refractivity contribution in [3.05, 3.63) is 29.8 Å². The molecule has 0 spiro atoms. The number of rotatable bonds is 7. The number of amides is 1. The first-order chi connectivity index (χ1) is 11.7. The molecule has 0 radical (unpaired) electrons. The first-order valence-electron chi connectivity index (χ1n) is 8.32. The number of sulfonamides is 1. The summed E-state index contributed by atoms with van der Waals surface area (Å²) in [5.74, 6) is -1.33. The molecule has 2 rings (SSSR count). The highest BCUT2D eigenvalue weighted by Crippen LogP contribution is 2.23. The quantitative estimate of drug-likeness (QED) is 0.762. The molecule has 0 saturated carbocycles. The molecule has 8 heteroatoms. The second-order valence-corrected chi connectivity index (χ2v) is 8.59. The number of carboxylic acids is 1. The van der Waals surface area contributed by atoms with Crippen LogP contribution in [0.1, 0.15) is 32.3 Å². The van der Waals surface area contributed by atoms with Gasteiger partial charge in [0.05, 0.1) is 5.75 Å². The van der Waals surface area contributed by atoms with Gasteiger partial charge in [0.1, 0.15) is 6.04 Å². The molecule has 25 heavy (non-hydrogen) atoms. The zero-order valence-electron chi connectivity index (χ0n) is 14.4. The Morgan fingerprint density at radius 2 is 2.04 bits per heavy atom. The Balaban J connectivity index is 2.13. The van der Waals surface area contributed by atoms with Crippen LogP contribution in [0, 0.1) is 5.92 Å². The number of carbonyl (C=O) groups excluding carboxylic acids is 1. The molecular weight excluding hydrogens is 344 g/mol. The summed E-state index contributed by atoms with van der Waals surface area (Å²) < 4.78 is 25.6. The second kappa shape index (κ2) is 7.97. The first kappa shape index (κ1) is 19.4. The zero-order valence-corrected chi connectivity index (χ0v) is 15.3. The number of anilines is 1. The van der Waals surface area contributed by atoms with Crippen molar-refractivity contribution in [3.63, 3.8) is 0 Å². The van der Waals surface area contributed by atoms with E-state index in [-0.39, 0.29) is 24.0 Å². The number of nitrogens with one attached hydrogen (secondary N) is 1. The third-order valence-corrected chi connectivity index (χ3v) is 6.10. The number of carboxylic acid groups (broad SMARTS) is 1. The fourth-order valence-corrected chi connectivity index (χ4v) is 4.83. The number of benzene rings is 1. The molecular formula is C17H24N2O5S. The molecule has 0 aliphatic carbocycles. The van der Waals surface area contributed by atoms with E-state index in [1.165, 1.54) is 4.31 Å². The lowest BCUT2D eigenvalue weighted by Gasteiger charge is -2.28. The molecule has 0 bridgehead atoms.